The molecule has 0 radical (unpaired) electrons. The number of hydrogen-bond donors (Lipinski definition) is 1. The molecule has 1 aromatic carbocycles. The van der Waals surface area contributed by atoms with Crippen molar-refractivity contribution in [1.82, 2.24) is 4.31 Å². The summed E-state index contributed by atoms with van der Waals surface area (Å²) in [4.78, 5) is 0.131. The molecule has 1 aromatic rings. The van der Waals surface area contributed by atoms with Crippen LogP contribution in [0.25, 0.3) is 0 Å². The first-order valence-corrected chi connectivity index (χ1v) is 7.78. The maximum Gasteiger partial charge on any atom is 0.246 e. The first-order chi connectivity index (χ1) is 9.26. The lowest BCUT2D eigenvalue weighted by molar-refractivity contribution is -0.0640. The number of nitrogens with two attached hydrogens (primary N) is 1. The van der Waals surface area contributed by atoms with Crippen LogP contribution in [-0.2, 0) is 14.8 Å². The van der Waals surface area contributed by atoms with E-state index in [1.165, 1.54) is 23.5 Å². The van der Waals surface area contributed by atoms with Gasteiger partial charge in [0.15, 0.2) is 0 Å². The monoisotopic (exact) mass is 300 g/mol. The first-order valence-electron chi connectivity index (χ1n) is 6.34. The Kier molecular flexibility index (Phi) is 3.95. The highest BCUT2D eigenvalue weighted by Crippen LogP contribution is 2.30. The fraction of sp³-hybridized carbons (Fsp3) is 0.538. The van der Waals surface area contributed by atoms with E-state index in [4.69, 9.17) is 15.2 Å². The summed E-state index contributed by atoms with van der Waals surface area (Å²) in [6.07, 6.45) is 0. The molecule has 112 valence electrons. The van der Waals surface area contributed by atoms with E-state index in [9.17, 15) is 8.42 Å². The van der Waals surface area contributed by atoms with Crippen molar-refractivity contribution < 1.29 is 17.9 Å². The Bertz CT molecular complexity index is 598. The van der Waals surface area contributed by atoms with Crippen LogP contribution in [0.2, 0.25) is 0 Å². The molecule has 0 spiro atoms. The minimum atomic E-state index is -3.62. The molecule has 0 amide bonds. The average molecular weight is 300 g/mol. The second kappa shape index (κ2) is 5.23. The summed E-state index contributed by atoms with van der Waals surface area (Å²) >= 11 is 0. The normalized spacial score (nSPS) is 19.8. The van der Waals surface area contributed by atoms with Crippen molar-refractivity contribution >= 4 is 15.7 Å². The van der Waals surface area contributed by atoms with Crippen molar-refractivity contribution in [2.24, 2.45) is 0 Å². The summed E-state index contributed by atoms with van der Waals surface area (Å²) in [6.45, 7) is 4.76. The average Bonchev–Trinajstić information content (AvgIpc) is 2.37. The SMILES string of the molecule is COc1cc(N)ccc1S(=O)(=O)N1CCOC(C)(C)C1. The van der Waals surface area contributed by atoms with Crippen LogP contribution in [-0.4, -0.2) is 45.1 Å². The van der Waals surface area contributed by atoms with Crippen LogP contribution in [0.3, 0.4) is 0 Å². The summed E-state index contributed by atoms with van der Waals surface area (Å²) in [5.74, 6) is 0.259. The number of benzene rings is 1. The molecular formula is C13H20N2O4S. The first kappa shape index (κ1) is 15.1. The molecule has 0 unspecified atom stereocenters. The molecule has 1 aliphatic rings. The minimum absolute atomic E-state index is 0.131. The third-order valence-electron chi connectivity index (χ3n) is 3.20. The molecule has 0 saturated carbocycles. The van der Waals surface area contributed by atoms with Crippen molar-refractivity contribution in [2.45, 2.75) is 24.3 Å². The van der Waals surface area contributed by atoms with Crippen LogP contribution in [0.5, 0.6) is 5.75 Å². The summed E-state index contributed by atoms with van der Waals surface area (Å²) < 4.78 is 37.5. The summed E-state index contributed by atoms with van der Waals surface area (Å²) in [6, 6.07) is 4.55. The molecule has 20 heavy (non-hydrogen) atoms. The van der Waals surface area contributed by atoms with Gasteiger partial charge < -0.3 is 15.2 Å². The Labute approximate surface area is 119 Å². The second-order valence-electron chi connectivity index (χ2n) is 5.36. The largest absolute Gasteiger partial charge is 0.495 e. The third-order valence-corrected chi connectivity index (χ3v) is 5.08. The Morgan fingerprint density at radius 2 is 2.10 bits per heavy atom. The molecule has 0 aliphatic carbocycles. The van der Waals surface area contributed by atoms with Crippen LogP contribution in [0.15, 0.2) is 23.1 Å². The molecule has 1 heterocycles. The second-order valence-corrected chi connectivity index (χ2v) is 7.26. The quantitative estimate of drug-likeness (QED) is 0.845. The summed E-state index contributed by atoms with van der Waals surface area (Å²) in [5.41, 5.74) is 5.63. The highest BCUT2D eigenvalue weighted by atomic mass is 32.2. The zero-order chi connectivity index (χ0) is 15.0. The van der Waals surface area contributed by atoms with Gasteiger partial charge in [-0.2, -0.15) is 4.31 Å². The van der Waals surface area contributed by atoms with E-state index in [1.807, 2.05) is 13.8 Å². The van der Waals surface area contributed by atoms with Gasteiger partial charge in [0.05, 0.1) is 19.3 Å². The molecule has 1 saturated heterocycles. The number of hydrogen-bond acceptors (Lipinski definition) is 5. The Balaban J connectivity index is 2.40. The molecule has 1 fully saturated rings. The van der Waals surface area contributed by atoms with Gasteiger partial charge in [-0.25, -0.2) is 8.42 Å². The van der Waals surface area contributed by atoms with Gasteiger partial charge in [0, 0.05) is 24.8 Å². The molecule has 2 rings (SSSR count). The van der Waals surface area contributed by atoms with Crippen LogP contribution in [0, 0.1) is 0 Å². The van der Waals surface area contributed by atoms with Gasteiger partial charge in [-0.15, -0.1) is 0 Å². The zero-order valence-electron chi connectivity index (χ0n) is 11.9. The molecule has 0 bridgehead atoms. The number of anilines is 1. The Morgan fingerprint density at radius 3 is 2.70 bits per heavy atom. The highest BCUT2D eigenvalue weighted by Gasteiger charge is 2.36. The van der Waals surface area contributed by atoms with Crippen LogP contribution >= 0.6 is 0 Å². The number of morpholine rings is 1. The van der Waals surface area contributed by atoms with Crippen molar-refractivity contribution in [3.8, 4) is 5.75 Å². The van der Waals surface area contributed by atoms with Gasteiger partial charge in [0.2, 0.25) is 10.0 Å². The third kappa shape index (κ3) is 2.89. The number of sulfonamides is 1. The number of rotatable bonds is 3. The van der Waals surface area contributed by atoms with E-state index in [0.29, 0.717) is 25.4 Å². The van der Waals surface area contributed by atoms with Gasteiger partial charge in [-0.3, -0.25) is 0 Å². The molecule has 1 aliphatic heterocycles. The standard InChI is InChI=1S/C13H20N2O4S/c1-13(2)9-15(6-7-19-13)20(16,17)12-5-4-10(14)8-11(12)18-3/h4-5,8H,6-7,9,14H2,1-3H3. The van der Waals surface area contributed by atoms with Crippen LogP contribution in [0.4, 0.5) is 5.69 Å². The van der Waals surface area contributed by atoms with E-state index in [0.717, 1.165) is 0 Å². The fourth-order valence-electron chi connectivity index (χ4n) is 2.21. The minimum Gasteiger partial charge on any atom is -0.495 e. The zero-order valence-corrected chi connectivity index (χ0v) is 12.7. The lowest BCUT2D eigenvalue weighted by atomic mass is 10.1. The van der Waals surface area contributed by atoms with Crippen molar-refractivity contribution in [1.29, 1.82) is 0 Å². The molecular weight excluding hydrogens is 280 g/mol. The van der Waals surface area contributed by atoms with Gasteiger partial charge in [-0.05, 0) is 26.0 Å². The Morgan fingerprint density at radius 1 is 1.40 bits per heavy atom. The smallest absolute Gasteiger partial charge is 0.246 e. The molecule has 0 aromatic heterocycles. The van der Waals surface area contributed by atoms with E-state index >= 15 is 0 Å². The van der Waals surface area contributed by atoms with Gasteiger partial charge in [0.1, 0.15) is 10.6 Å². The molecule has 2 N–H and O–H groups in total. The number of methoxy groups -OCH3 is 1. The van der Waals surface area contributed by atoms with E-state index < -0.39 is 15.6 Å². The predicted molar refractivity (Wildman–Crippen MR) is 76.2 cm³/mol. The number of nitrogen functional groups attached to an aromatic ring is 1. The number of nitrogens with zero attached hydrogens (tertiary/aromatic N) is 1. The maximum atomic E-state index is 12.7. The van der Waals surface area contributed by atoms with Crippen molar-refractivity contribution in [3.63, 3.8) is 0 Å². The molecule has 7 heteroatoms. The van der Waals surface area contributed by atoms with E-state index in [-0.39, 0.29) is 10.6 Å². The van der Waals surface area contributed by atoms with E-state index in [1.54, 1.807) is 6.07 Å². The van der Waals surface area contributed by atoms with Crippen LogP contribution < -0.4 is 10.5 Å². The molecule has 6 nitrogen and oxygen atoms in total. The maximum absolute atomic E-state index is 12.7. The lowest BCUT2D eigenvalue weighted by Crippen LogP contribution is -2.50. The van der Waals surface area contributed by atoms with Crippen molar-refractivity contribution in [3.05, 3.63) is 18.2 Å². The summed E-state index contributed by atoms with van der Waals surface area (Å²) in [7, 11) is -2.19. The lowest BCUT2D eigenvalue weighted by Gasteiger charge is -2.37. The number of ether oxygens (including phenoxy) is 2. The van der Waals surface area contributed by atoms with Gasteiger partial charge >= 0.3 is 0 Å². The Hall–Kier alpha value is -1.31. The van der Waals surface area contributed by atoms with Gasteiger partial charge in [0.25, 0.3) is 0 Å². The predicted octanol–water partition coefficient (Wildman–Crippen LogP) is 1.08. The topological polar surface area (TPSA) is 81.9 Å². The fourth-order valence-corrected chi connectivity index (χ4v) is 3.93. The van der Waals surface area contributed by atoms with Gasteiger partial charge in [-0.1, -0.05) is 0 Å². The highest BCUT2D eigenvalue weighted by molar-refractivity contribution is 7.89. The van der Waals surface area contributed by atoms with E-state index in [2.05, 4.69) is 0 Å². The molecule has 0 atom stereocenters. The van der Waals surface area contributed by atoms with Crippen molar-refractivity contribution in [2.75, 3.05) is 32.5 Å². The summed E-state index contributed by atoms with van der Waals surface area (Å²) in [5, 5.41) is 0. The van der Waals surface area contributed by atoms with Crippen LogP contribution in [0.1, 0.15) is 13.8 Å².